The molecule has 0 aliphatic carbocycles. The molecule has 9 heteroatoms. The molecule has 152 valence electrons. The number of aromatic nitrogens is 1. The van der Waals surface area contributed by atoms with Crippen LogP contribution >= 0.6 is 0 Å². The van der Waals surface area contributed by atoms with Gasteiger partial charge in [-0.2, -0.15) is 0 Å². The van der Waals surface area contributed by atoms with Crippen LogP contribution < -0.4 is 21.5 Å². The highest BCUT2D eigenvalue weighted by molar-refractivity contribution is 6.08. The Bertz CT molecular complexity index is 1160. The SMILES string of the molecule is O=C(CC(=O)Nc1ccccc1O)Nc1cccc(NC(=O)c2cccc(=O)[nH]2)c1. The second-order valence-corrected chi connectivity index (χ2v) is 6.25. The first kappa shape index (κ1) is 20.3. The Morgan fingerprint density at radius 3 is 2.20 bits per heavy atom. The molecular weight excluding hydrogens is 388 g/mol. The molecule has 3 amide bonds. The topological polar surface area (TPSA) is 140 Å². The zero-order chi connectivity index (χ0) is 21.5. The number of carbonyl (C=O) groups is 3. The third-order valence-corrected chi connectivity index (χ3v) is 3.92. The summed E-state index contributed by atoms with van der Waals surface area (Å²) in [7, 11) is 0. The van der Waals surface area contributed by atoms with Crippen LogP contribution in [-0.2, 0) is 9.59 Å². The molecule has 1 heterocycles. The van der Waals surface area contributed by atoms with E-state index in [1.165, 1.54) is 36.4 Å². The number of phenols is 1. The molecule has 0 fully saturated rings. The van der Waals surface area contributed by atoms with Crippen LogP contribution in [0.3, 0.4) is 0 Å². The molecule has 1 aromatic heterocycles. The number of phenolic OH excluding ortho intramolecular Hbond substituents is 1. The first-order valence-electron chi connectivity index (χ1n) is 8.89. The van der Waals surface area contributed by atoms with Crippen molar-refractivity contribution in [1.82, 2.24) is 4.98 Å². The molecule has 5 N–H and O–H groups in total. The molecule has 0 atom stereocenters. The average molecular weight is 406 g/mol. The normalized spacial score (nSPS) is 10.1. The van der Waals surface area contributed by atoms with Crippen molar-refractivity contribution in [1.29, 1.82) is 0 Å². The van der Waals surface area contributed by atoms with Crippen LogP contribution in [0, 0.1) is 0 Å². The molecule has 0 radical (unpaired) electrons. The maximum absolute atomic E-state index is 12.2. The van der Waals surface area contributed by atoms with Gasteiger partial charge in [-0.3, -0.25) is 19.2 Å². The highest BCUT2D eigenvalue weighted by atomic mass is 16.3. The van der Waals surface area contributed by atoms with Gasteiger partial charge >= 0.3 is 0 Å². The summed E-state index contributed by atoms with van der Waals surface area (Å²) in [6.07, 6.45) is -0.462. The minimum absolute atomic E-state index is 0.0952. The molecule has 0 unspecified atom stereocenters. The number of carbonyl (C=O) groups excluding carboxylic acids is 3. The van der Waals surface area contributed by atoms with Gasteiger partial charge < -0.3 is 26.0 Å². The quantitative estimate of drug-likeness (QED) is 0.316. The fraction of sp³-hybridized carbons (Fsp3) is 0.0476. The lowest BCUT2D eigenvalue weighted by Crippen LogP contribution is -2.21. The number of pyridine rings is 1. The van der Waals surface area contributed by atoms with Gasteiger partial charge in [-0.15, -0.1) is 0 Å². The van der Waals surface area contributed by atoms with Gasteiger partial charge in [0, 0.05) is 17.4 Å². The van der Waals surface area contributed by atoms with Crippen molar-refractivity contribution in [2.24, 2.45) is 0 Å². The van der Waals surface area contributed by atoms with Crippen molar-refractivity contribution in [3.8, 4) is 5.75 Å². The second-order valence-electron chi connectivity index (χ2n) is 6.25. The van der Waals surface area contributed by atoms with E-state index >= 15 is 0 Å². The van der Waals surface area contributed by atoms with E-state index < -0.39 is 29.7 Å². The fourth-order valence-corrected chi connectivity index (χ4v) is 2.58. The number of hydrogen-bond acceptors (Lipinski definition) is 5. The summed E-state index contributed by atoms with van der Waals surface area (Å²) in [5, 5.41) is 17.3. The molecule has 0 saturated heterocycles. The lowest BCUT2D eigenvalue weighted by atomic mass is 10.2. The monoisotopic (exact) mass is 406 g/mol. The van der Waals surface area contributed by atoms with Crippen molar-refractivity contribution < 1.29 is 19.5 Å². The van der Waals surface area contributed by atoms with Crippen molar-refractivity contribution in [2.45, 2.75) is 6.42 Å². The van der Waals surface area contributed by atoms with Crippen molar-refractivity contribution >= 4 is 34.8 Å². The summed E-state index contributed by atoms with van der Waals surface area (Å²) in [4.78, 5) is 50.1. The Balaban J connectivity index is 1.58. The van der Waals surface area contributed by atoms with Crippen LogP contribution in [0.25, 0.3) is 0 Å². The summed E-state index contributed by atoms with van der Waals surface area (Å²) in [6, 6.07) is 16.7. The summed E-state index contributed by atoms with van der Waals surface area (Å²) in [6.45, 7) is 0. The zero-order valence-electron chi connectivity index (χ0n) is 15.6. The predicted molar refractivity (Wildman–Crippen MR) is 111 cm³/mol. The molecule has 3 rings (SSSR count). The number of rotatable bonds is 6. The highest BCUT2D eigenvalue weighted by Gasteiger charge is 2.12. The highest BCUT2D eigenvalue weighted by Crippen LogP contribution is 2.21. The lowest BCUT2D eigenvalue weighted by Gasteiger charge is -2.10. The summed E-state index contributed by atoms with van der Waals surface area (Å²) < 4.78 is 0. The third-order valence-electron chi connectivity index (χ3n) is 3.92. The standard InChI is InChI=1S/C21H18N4O5/c26-17-9-2-1-7-15(17)24-20(29)12-19(28)22-13-5-3-6-14(11-13)23-21(30)16-8-4-10-18(27)25-16/h1-11,26H,12H2,(H,22,28)(H,23,30)(H,24,29)(H,25,27). The number of nitrogens with one attached hydrogen (secondary N) is 4. The number of amides is 3. The Labute approximate surface area is 170 Å². The van der Waals surface area contributed by atoms with Gasteiger partial charge in [-0.1, -0.05) is 24.3 Å². The van der Waals surface area contributed by atoms with Gasteiger partial charge in [-0.05, 0) is 36.4 Å². The zero-order valence-corrected chi connectivity index (χ0v) is 15.6. The first-order valence-corrected chi connectivity index (χ1v) is 8.89. The van der Waals surface area contributed by atoms with E-state index in [2.05, 4.69) is 20.9 Å². The van der Waals surface area contributed by atoms with Crippen molar-refractivity contribution in [3.63, 3.8) is 0 Å². The molecule has 0 aliphatic rings. The molecule has 2 aromatic carbocycles. The molecular formula is C21H18N4O5. The Hall–Kier alpha value is -4.40. The molecule has 0 aliphatic heterocycles. The van der Waals surface area contributed by atoms with Crippen LogP contribution in [0.1, 0.15) is 16.9 Å². The minimum atomic E-state index is -0.591. The summed E-state index contributed by atoms with van der Waals surface area (Å²) in [5.41, 5.74) is 0.665. The number of benzene rings is 2. The van der Waals surface area contributed by atoms with Gasteiger partial charge in [0.25, 0.3) is 5.91 Å². The van der Waals surface area contributed by atoms with E-state index in [1.54, 1.807) is 30.3 Å². The predicted octanol–water partition coefficient (Wildman–Crippen LogP) is 2.30. The van der Waals surface area contributed by atoms with Crippen LogP contribution in [0.4, 0.5) is 17.1 Å². The second kappa shape index (κ2) is 9.20. The minimum Gasteiger partial charge on any atom is -0.506 e. The van der Waals surface area contributed by atoms with E-state index in [-0.39, 0.29) is 17.1 Å². The smallest absolute Gasteiger partial charge is 0.272 e. The molecule has 3 aromatic rings. The Morgan fingerprint density at radius 2 is 1.47 bits per heavy atom. The van der Waals surface area contributed by atoms with Gasteiger partial charge in [0.2, 0.25) is 17.4 Å². The third kappa shape index (κ3) is 5.55. The first-order chi connectivity index (χ1) is 14.4. The summed E-state index contributed by atoms with van der Waals surface area (Å²) >= 11 is 0. The van der Waals surface area contributed by atoms with Crippen molar-refractivity contribution in [3.05, 3.63) is 82.8 Å². The molecule has 0 saturated carbocycles. The Kier molecular flexibility index (Phi) is 6.23. The van der Waals surface area contributed by atoms with Crippen LogP contribution in [0.2, 0.25) is 0 Å². The fourth-order valence-electron chi connectivity index (χ4n) is 2.58. The van der Waals surface area contributed by atoms with Crippen LogP contribution in [0.15, 0.2) is 71.5 Å². The van der Waals surface area contributed by atoms with E-state index in [0.717, 1.165) is 0 Å². The number of para-hydroxylation sites is 2. The van der Waals surface area contributed by atoms with Gasteiger partial charge in [0.05, 0.1) is 5.69 Å². The maximum atomic E-state index is 12.2. The number of aromatic amines is 1. The number of hydrogen-bond donors (Lipinski definition) is 5. The lowest BCUT2D eigenvalue weighted by molar-refractivity contribution is -0.123. The largest absolute Gasteiger partial charge is 0.506 e. The van der Waals surface area contributed by atoms with Crippen LogP contribution in [-0.4, -0.2) is 27.8 Å². The maximum Gasteiger partial charge on any atom is 0.272 e. The molecule has 30 heavy (non-hydrogen) atoms. The van der Waals surface area contributed by atoms with E-state index in [4.69, 9.17) is 0 Å². The van der Waals surface area contributed by atoms with E-state index in [0.29, 0.717) is 11.4 Å². The number of anilines is 3. The molecule has 0 spiro atoms. The molecule has 9 nitrogen and oxygen atoms in total. The van der Waals surface area contributed by atoms with E-state index in [1.807, 2.05) is 0 Å². The van der Waals surface area contributed by atoms with E-state index in [9.17, 15) is 24.3 Å². The number of aromatic hydroxyl groups is 1. The van der Waals surface area contributed by atoms with Crippen molar-refractivity contribution in [2.75, 3.05) is 16.0 Å². The van der Waals surface area contributed by atoms with Gasteiger partial charge in [-0.25, -0.2) is 0 Å². The van der Waals surface area contributed by atoms with Gasteiger partial charge in [0.1, 0.15) is 17.9 Å². The average Bonchev–Trinajstić information content (AvgIpc) is 2.70. The number of H-pyrrole nitrogens is 1. The summed E-state index contributed by atoms with van der Waals surface area (Å²) in [5.74, 6) is -1.78. The Morgan fingerprint density at radius 1 is 0.800 bits per heavy atom. The van der Waals surface area contributed by atoms with Crippen LogP contribution in [0.5, 0.6) is 5.75 Å². The van der Waals surface area contributed by atoms with Gasteiger partial charge in [0.15, 0.2) is 0 Å². The molecule has 0 bridgehead atoms.